The van der Waals surface area contributed by atoms with Crippen molar-refractivity contribution in [1.29, 1.82) is 0 Å². The van der Waals surface area contributed by atoms with Crippen molar-refractivity contribution in [1.82, 2.24) is 0 Å². The normalized spacial score (nSPS) is 11.5. The Hall–Kier alpha value is -2.33. The van der Waals surface area contributed by atoms with E-state index in [4.69, 9.17) is 4.42 Å². The van der Waals surface area contributed by atoms with E-state index in [9.17, 15) is 4.79 Å². The number of benzene rings is 2. The van der Waals surface area contributed by atoms with Crippen LogP contribution in [-0.4, -0.2) is 5.91 Å². The first-order valence-corrected chi connectivity index (χ1v) is 8.59. The second kappa shape index (κ2) is 7.05. The van der Waals surface area contributed by atoms with Crippen LogP contribution >= 0.6 is 15.9 Å². The largest absolute Gasteiger partial charge is 0.457 e. The second-order valence-corrected chi connectivity index (χ2v) is 6.85. The number of rotatable bonds is 4. The number of fused-ring (bicyclic) bond motifs is 1. The third-order valence-corrected chi connectivity index (χ3v) is 4.23. The molecule has 0 bridgehead atoms. The summed E-state index contributed by atoms with van der Waals surface area (Å²) in [5.74, 6) is 0.935. The maximum absolute atomic E-state index is 12.0. The van der Waals surface area contributed by atoms with Crippen LogP contribution in [-0.2, 0) is 4.79 Å². The van der Waals surface area contributed by atoms with E-state index in [0.717, 1.165) is 21.1 Å². The zero-order valence-corrected chi connectivity index (χ0v) is 15.1. The molecule has 0 saturated carbocycles. The second-order valence-electron chi connectivity index (χ2n) is 5.93. The lowest BCUT2D eigenvalue weighted by molar-refractivity contribution is -0.111. The minimum atomic E-state index is -0.186. The SMILES string of the molecule is CC(C)c1ccc(NC(=O)C=Cc2cc3cc(Br)ccc3o2)cc1. The van der Waals surface area contributed by atoms with Crippen LogP contribution < -0.4 is 5.32 Å². The van der Waals surface area contributed by atoms with Crippen LogP contribution in [0.15, 0.2) is 63.5 Å². The monoisotopic (exact) mass is 383 g/mol. The topological polar surface area (TPSA) is 42.2 Å². The average molecular weight is 384 g/mol. The molecule has 1 aromatic heterocycles. The highest BCUT2D eigenvalue weighted by molar-refractivity contribution is 9.10. The summed E-state index contributed by atoms with van der Waals surface area (Å²) in [4.78, 5) is 12.0. The van der Waals surface area contributed by atoms with E-state index < -0.39 is 0 Å². The predicted molar refractivity (Wildman–Crippen MR) is 102 cm³/mol. The Kier molecular flexibility index (Phi) is 4.86. The van der Waals surface area contributed by atoms with Gasteiger partial charge >= 0.3 is 0 Å². The molecule has 0 aliphatic heterocycles. The van der Waals surface area contributed by atoms with E-state index in [1.165, 1.54) is 11.6 Å². The molecule has 4 heteroatoms. The van der Waals surface area contributed by atoms with E-state index in [1.807, 2.05) is 48.5 Å². The number of amides is 1. The van der Waals surface area contributed by atoms with E-state index in [1.54, 1.807) is 6.08 Å². The maximum atomic E-state index is 12.0. The Labute approximate surface area is 149 Å². The Bertz CT molecular complexity index is 892. The molecule has 0 atom stereocenters. The van der Waals surface area contributed by atoms with E-state index in [2.05, 4.69) is 35.1 Å². The Balaban J connectivity index is 1.67. The van der Waals surface area contributed by atoms with Gasteiger partial charge in [0.1, 0.15) is 11.3 Å². The molecule has 3 aromatic rings. The highest BCUT2D eigenvalue weighted by Crippen LogP contribution is 2.24. The molecule has 0 radical (unpaired) electrons. The molecular formula is C20H18BrNO2. The fraction of sp³-hybridized carbons (Fsp3) is 0.150. The predicted octanol–water partition coefficient (Wildman–Crippen LogP) is 5.97. The fourth-order valence-electron chi connectivity index (χ4n) is 2.41. The Morgan fingerprint density at radius 3 is 2.58 bits per heavy atom. The van der Waals surface area contributed by atoms with Gasteiger partial charge < -0.3 is 9.73 Å². The van der Waals surface area contributed by atoms with Crippen LogP contribution in [0, 0.1) is 0 Å². The van der Waals surface area contributed by atoms with Gasteiger partial charge in [0.25, 0.3) is 0 Å². The smallest absolute Gasteiger partial charge is 0.248 e. The number of furan rings is 1. The third-order valence-electron chi connectivity index (χ3n) is 3.74. The van der Waals surface area contributed by atoms with Crippen molar-refractivity contribution in [2.24, 2.45) is 0 Å². The molecule has 122 valence electrons. The molecule has 0 saturated heterocycles. The molecule has 1 amide bonds. The van der Waals surface area contributed by atoms with Crippen LogP contribution in [0.4, 0.5) is 5.69 Å². The number of carbonyl (C=O) groups excluding carboxylic acids is 1. The molecule has 0 aliphatic carbocycles. The quantitative estimate of drug-likeness (QED) is 0.563. The van der Waals surface area contributed by atoms with Crippen molar-refractivity contribution >= 4 is 44.6 Å². The zero-order valence-electron chi connectivity index (χ0n) is 13.5. The van der Waals surface area contributed by atoms with E-state index in [-0.39, 0.29) is 5.91 Å². The van der Waals surface area contributed by atoms with Crippen molar-refractivity contribution < 1.29 is 9.21 Å². The first-order valence-electron chi connectivity index (χ1n) is 7.79. The van der Waals surface area contributed by atoms with Gasteiger partial charge in [0.15, 0.2) is 0 Å². The van der Waals surface area contributed by atoms with Gasteiger partial charge in [-0.1, -0.05) is 41.9 Å². The number of halogens is 1. The summed E-state index contributed by atoms with van der Waals surface area (Å²) < 4.78 is 6.67. The van der Waals surface area contributed by atoms with Gasteiger partial charge in [-0.15, -0.1) is 0 Å². The number of hydrogen-bond acceptors (Lipinski definition) is 2. The number of nitrogens with one attached hydrogen (secondary N) is 1. The van der Waals surface area contributed by atoms with Gasteiger partial charge in [-0.3, -0.25) is 4.79 Å². The number of carbonyl (C=O) groups is 1. The summed E-state index contributed by atoms with van der Waals surface area (Å²) in [5, 5.41) is 3.84. The lowest BCUT2D eigenvalue weighted by atomic mass is 10.0. The molecule has 0 spiro atoms. The van der Waals surface area contributed by atoms with Crippen LogP contribution in [0.1, 0.15) is 31.1 Å². The van der Waals surface area contributed by atoms with Gasteiger partial charge in [0, 0.05) is 21.6 Å². The third kappa shape index (κ3) is 3.95. The Morgan fingerprint density at radius 2 is 1.88 bits per heavy atom. The Morgan fingerprint density at radius 1 is 1.12 bits per heavy atom. The fourth-order valence-corrected chi connectivity index (χ4v) is 2.79. The summed E-state index contributed by atoms with van der Waals surface area (Å²) >= 11 is 3.43. The molecule has 1 N–H and O–H groups in total. The van der Waals surface area contributed by atoms with Crippen LogP contribution in [0.25, 0.3) is 17.0 Å². The lowest BCUT2D eigenvalue weighted by Crippen LogP contribution is -2.07. The molecule has 2 aromatic carbocycles. The van der Waals surface area contributed by atoms with Crippen LogP contribution in [0.3, 0.4) is 0 Å². The molecule has 0 aliphatic rings. The minimum absolute atomic E-state index is 0.186. The lowest BCUT2D eigenvalue weighted by Gasteiger charge is -2.07. The van der Waals surface area contributed by atoms with Crippen molar-refractivity contribution in [2.75, 3.05) is 5.32 Å². The highest BCUT2D eigenvalue weighted by Gasteiger charge is 2.04. The summed E-state index contributed by atoms with van der Waals surface area (Å²) in [7, 11) is 0. The molecule has 3 rings (SSSR count). The molecule has 0 unspecified atom stereocenters. The standard InChI is InChI=1S/C20H18BrNO2/c1-13(2)14-3-6-17(7-4-14)22-20(23)10-8-18-12-15-11-16(21)5-9-19(15)24-18/h3-13H,1-2H3,(H,22,23). The minimum Gasteiger partial charge on any atom is -0.457 e. The van der Waals surface area contributed by atoms with E-state index >= 15 is 0 Å². The first kappa shape index (κ1) is 16.5. The molecule has 1 heterocycles. The van der Waals surface area contributed by atoms with Gasteiger partial charge in [0.05, 0.1) is 0 Å². The molecule has 3 nitrogen and oxygen atoms in total. The summed E-state index contributed by atoms with van der Waals surface area (Å²) in [6, 6.07) is 15.6. The van der Waals surface area contributed by atoms with E-state index in [0.29, 0.717) is 11.7 Å². The summed E-state index contributed by atoms with van der Waals surface area (Å²) in [5.41, 5.74) is 2.82. The molecule has 0 fully saturated rings. The zero-order chi connectivity index (χ0) is 17.1. The number of hydrogen-bond donors (Lipinski definition) is 1. The van der Waals surface area contributed by atoms with Gasteiger partial charge in [-0.25, -0.2) is 0 Å². The highest BCUT2D eigenvalue weighted by atomic mass is 79.9. The van der Waals surface area contributed by atoms with Gasteiger partial charge in [0.2, 0.25) is 5.91 Å². The van der Waals surface area contributed by atoms with Gasteiger partial charge in [-0.05, 0) is 54.0 Å². The summed E-state index contributed by atoms with van der Waals surface area (Å²) in [6.45, 7) is 4.28. The average Bonchev–Trinajstić information content (AvgIpc) is 2.95. The molecular weight excluding hydrogens is 366 g/mol. The van der Waals surface area contributed by atoms with Crippen molar-refractivity contribution in [2.45, 2.75) is 19.8 Å². The first-order chi connectivity index (χ1) is 11.5. The van der Waals surface area contributed by atoms with Crippen molar-refractivity contribution in [3.8, 4) is 0 Å². The van der Waals surface area contributed by atoms with Crippen LogP contribution in [0.5, 0.6) is 0 Å². The summed E-state index contributed by atoms with van der Waals surface area (Å²) in [6.07, 6.45) is 3.15. The van der Waals surface area contributed by atoms with Gasteiger partial charge in [-0.2, -0.15) is 0 Å². The molecule has 24 heavy (non-hydrogen) atoms. The van der Waals surface area contributed by atoms with Crippen LogP contribution in [0.2, 0.25) is 0 Å². The van der Waals surface area contributed by atoms with Crippen molar-refractivity contribution in [3.63, 3.8) is 0 Å². The van der Waals surface area contributed by atoms with Crippen molar-refractivity contribution in [3.05, 3.63) is 70.4 Å². The maximum Gasteiger partial charge on any atom is 0.248 e. The number of anilines is 1.